The van der Waals surface area contributed by atoms with E-state index in [9.17, 15) is 23.9 Å². The number of pyridine rings is 1. The summed E-state index contributed by atoms with van der Waals surface area (Å²) in [5.41, 5.74) is -0.969. The highest BCUT2D eigenvalue weighted by atomic mass is 32.1. The second-order valence-electron chi connectivity index (χ2n) is 14.1. The Morgan fingerprint density at radius 2 is 1.86 bits per heavy atom. The number of ether oxygens (including phenoxy) is 3. The molecule has 5 rings (SSSR count). The number of amides is 2. The Morgan fingerprint density at radius 3 is 2.56 bits per heavy atom. The van der Waals surface area contributed by atoms with Crippen molar-refractivity contribution in [1.29, 1.82) is 5.26 Å². The van der Waals surface area contributed by atoms with Crippen LogP contribution in [0.3, 0.4) is 0 Å². The lowest BCUT2D eigenvalue weighted by molar-refractivity contribution is -0.753. The summed E-state index contributed by atoms with van der Waals surface area (Å²) in [5, 5.41) is 30.5. The van der Waals surface area contributed by atoms with Gasteiger partial charge in [0.2, 0.25) is 12.6 Å². The molecular weight excluding hydrogens is 763 g/mol. The number of nitriles is 1. The molecule has 0 saturated carbocycles. The molecule has 0 bridgehead atoms. The number of halogens is 2. The molecule has 18 heteroatoms. The predicted molar refractivity (Wildman–Crippen MR) is 201 cm³/mol. The van der Waals surface area contributed by atoms with Crippen LogP contribution in [0.25, 0.3) is 11.3 Å². The van der Waals surface area contributed by atoms with Gasteiger partial charge in [-0.3, -0.25) is 10.1 Å². The molecule has 0 spiro atoms. The average molecular weight is 804 g/mol. The van der Waals surface area contributed by atoms with E-state index >= 15 is 4.39 Å². The molecule has 0 aliphatic carbocycles. The third-order valence-electron chi connectivity index (χ3n) is 8.59. The summed E-state index contributed by atoms with van der Waals surface area (Å²) < 4.78 is 48.7. The molecule has 0 aliphatic heterocycles. The second-order valence-corrected chi connectivity index (χ2v) is 14.9. The quantitative estimate of drug-likeness (QED) is 0.0784. The van der Waals surface area contributed by atoms with Crippen LogP contribution in [0, 0.1) is 23.0 Å². The molecule has 5 aromatic rings. The van der Waals surface area contributed by atoms with Gasteiger partial charge in [-0.05, 0) is 57.2 Å². The fourth-order valence-electron chi connectivity index (χ4n) is 5.49. The fourth-order valence-corrected chi connectivity index (χ4v) is 6.46. The largest absolute Gasteiger partial charge is 0.459 e. The minimum absolute atomic E-state index is 0.0596. The average Bonchev–Trinajstić information content (AvgIpc) is 3.85. The Labute approximate surface area is 331 Å². The normalized spacial score (nSPS) is 13.4. The van der Waals surface area contributed by atoms with Crippen LogP contribution in [0.15, 0.2) is 78.8 Å². The smallest absolute Gasteiger partial charge is 0.415 e. The molecule has 0 saturated heterocycles. The van der Waals surface area contributed by atoms with Crippen LogP contribution in [-0.4, -0.2) is 67.1 Å². The van der Waals surface area contributed by atoms with Crippen LogP contribution in [-0.2, 0) is 37.8 Å². The number of esters is 1. The van der Waals surface area contributed by atoms with Gasteiger partial charge in [-0.15, -0.1) is 16.0 Å². The predicted octanol–water partition coefficient (Wildman–Crippen LogP) is 6.21. The van der Waals surface area contributed by atoms with E-state index < -0.39 is 53.1 Å². The molecule has 2 amide bonds. The summed E-state index contributed by atoms with van der Waals surface area (Å²) >= 11 is 1.23. The summed E-state index contributed by atoms with van der Waals surface area (Å²) in [7, 11) is 1.40. The van der Waals surface area contributed by atoms with E-state index in [1.807, 2.05) is 0 Å². The molecule has 2 N–H and O–H groups in total. The van der Waals surface area contributed by atoms with Gasteiger partial charge in [-0.2, -0.15) is 9.83 Å². The summed E-state index contributed by atoms with van der Waals surface area (Å²) in [6.45, 7) is 7.31. The molecule has 2 aromatic carbocycles. The van der Waals surface area contributed by atoms with E-state index in [1.165, 1.54) is 46.5 Å². The Bertz CT molecular complexity index is 2270. The van der Waals surface area contributed by atoms with Gasteiger partial charge in [-0.1, -0.05) is 25.1 Å². The molecule has 3 heterocycles. The van der Waals surface area contributed by atoms with Crippen molar-refractivity contribution in [2.45, 2.75) is 71.1 Å². The van der Waals surface area contributed by atoms with Crippen LogP contribution in [0.2, 0.25) is 0 Å². The minimum Gasteiger partial charge on any atom is -0.459 e. The lowest BCUT2D eigenvalue weighted by Crippen LogP contribution is -2.41. The molecule has 0 aliphatic rings. The van der Waals surface area contributed by atoms with E-state index in [0.29, 0.717) is 21.8 Å². The van der Waals surface area contributed by atoms with Gasteiger partial charge in [0, 0.05) is 53.3 Å². The molecule has 3 aromatic heterocycles. The van der Waals surface area contributed by atoms with Crippen LogP contribution in [0.4, 0.5) is 24.2 Å². The lowest BCUT2D eigenvalue weighted by atomic mass is 9.82. The standard InChI is InChI=1S/C39H40F2N8O7S/c1-24(35-45-32(20-57-35)27-11-9-26(17-42)10-12-27)39(53,30-16-29(40)13-14-31(30)41)21-49-23-48(22-44-49)25(2)55-36(51)46-34-28(8-7-15-43-34)19-54-33(50)18-47(6)37(52)56-38(3,4)5/h7-16,20,22-25,53H,18-19,21H2,1-6H3/p+1/t24-,25?,39+/m0/s1. The first kappa shape index (κ1) is 41.8. The number of hydrogen-bond donors (Lipinski definition) is 2. The molecule has 0 fully saturated rings. The zero-order valence-corrected chi connectivity index (χ0v) is 32.8. The third-order valence-corrected chi connectivity index (χ3v) is 9.61. The molecule has 15 nitrogen and oxygen atoms in total. The number of rotatable bonds is 13. The first-order valence-electron chi connectivity index (χ1n) is 17.5. The molecule has 3 atom stereocenters. The second kappa shape index (κ2) is 17.6. The van der Waals surface area contributed by atoms with Crippen molar-refractivity contribution in [3.8, 4) is 17.3 Å². The van der Waals surface area contributed by atoms with E-state index in [0.717, 1.165) is 28.7 Å². The topological polar surface area (TPSA) is 186 Å². The van der Waals surface area contributed by atoms with Crippen molar-refractivity contribution in [3.05, 3.63) is 112 Å². The van der Waals surface area contributed by atoms with Crippen molar-refractivity contribution >= 4 is 35.3 Å². The highest BCUT2D eigenvalue weighted by Gasteiger charge is 2.43. The molecule has 57 heavy (non-hydrogen) atoms. The number of aromatic nitrogens is 5. The maximum absolute atomic E-state index is 15.4. The Balaban J connectivity index is 1.26. The van der Waals surface area contributed by atoms with Crippen molar-refractivity contribution in [1.82, 2.24) is 24.6 Å². The zero-order chi connectivity index (χ0) is 41.5. The van der Waals surface area contributed by atoms with Crippen molar-refractivity contribution in [2.75, 3.05) is 18.9 Å². The van der Waals surface area contributed by atoms with E-state index in [-0.39, 0.29) is 31.1 Å². The van der Waals surface area contributed by atoms with Crippen molar-refractivity contribution in [3.63, 3.8) is 0 Å². The van der Waals surface area contributed by atoms with E-state index in [1.54, 1.807) is 76.4 Å². The van der Waals surface area contributed by atoms with Crippen LogP contribution < -0.4 is 9.88 Å². The highest BCUT2D eigenvalue weighted by Crippen LogP contribution is 2.41. The number of thiazole rings is 1. The summed E-state index contributed by atoms with van der Waals surface area (Å²) in [6.07, 6.45) is 1.61. The number of benzene rings is 2. The number of carbonyl (C=O) groups is 3. The monoisotopic (exact) mass is 803 g/mol. The van der Waals surface area contributed by atoms with E-state index in [2.05, 4.69) is 26.5 Å². The third kappa shape index (κ3) is 10.7. The van der Waals surface area contributed by atoms with Crippen LogP contribution in [0.1, 0.15) is 68.5 Å². The minimum atomic E-state index is -2.07. The number of aliphatic hydroxyl groups is 1. The Hall–Kier alpha value is -6.32. The number of likely N-dealkylation sites (N-methyl/N-ethyl adjacent to an activating group) is 1. The van der Waals surface area contributed by atoms with Crippen LogP contribution >= 0.6 is 11.3 Å². The van der Waals surface area contributed by atoms with Gasteiger partial charge >= 0.3 is 18.2 Å². The van der Waals surface area contributed by atoms with Crippen LogP contribution in [0.5, 0.6) is 0 Å². The Morgan fingerprint density at radius 1 is 1.12 bits per heavy atom. The maximum Gasteiger partial charge on any atom is 0.415 e. The molecular formula is C39H41F2N8O7S+. The SMILES string of the molecule is CC(OC(=O)Nc1ncccc1COC(=O)CN(C)C(=O)OC(C)(C)C)[n+]1cnn(C[C@](O)(c2cc(F)ccc2F)[C@@H](C)c2nc(-c3ccc(C#N)cc3)cs2)c1. The van der Waals surface area contributed by atoms with Gasteiger partial charge in [0.15, 0.2) is 0 Å². The van der Waals surface area contributed by atoms with Crippen molar-refractivity contribution < 1.29 is 47.0 Å². The maximum atomic E-state index is 15.4. The lowest BCUT2D eigenvalue weighted by Gasteiger charge is -2.32. The number of hydrogen-bond acceptors (Lipinski definition) is 12. The number of carbonyl (C=O) groups excluding carboxylic acids is 3. The van der Waals surface area contributed by atoms with Gasteiger partial charge in [0.05, 0.1) is 22.3 Å². The summed E-state index contributed by atoms with van der Waals surface area (Å²) in [4.78, 5) is 47.5. The summed E-state index contributed by atoms with van der Waals surface area (Å²) in [6, 6.07) is 14.9. The van der Waals surface area contributed by atoms with E-state index in [4.69, 9.17) is 19.5 Å². The van der Waals surface area contributed by atoms with Gasteiger partial charge < -0.3 is 24.2 Å². The first-order valence-corrected chi connectivity index (χ1v) is 18.4. The highest BCUT2D eigenvalue weighted by molar-refractivity contribution is 7.10. The van der Waals surface area contributed by atoms with Gasteiger partial charge in [0.25, 0.3) is 6.33 Å². The van der Waals surface area contributed by atoms with Crippen molar-refractivity contribution in [2.24, 2.45) is 0 Å². The number of nitrogens with one attached hydrogen (secondary N) is 1. The molecule has 1 unspecified atom stereocenters. The summed E-state index contributed by atoms with van der Waals surface area (Å²) in [5.74, 6) is -3.12. The number of anilines is 1. The number of nitrogens with zero attached hydrogens (tertiary/aromatic N) is 7. The van der Waals surface area contributed by atoms with Gasteiger partial charge in [0.1, 0.15) is 48.4 Å². The van der Waals surface area contributed by atoms with Gasteiger partial charge in [-0.25, -0.2) is 28.3 Å². The zero-order valence-electron chi connectivity index (χ0n) is 32.0. The molecule has 0 radical (unpaired) electrons. The first-order chi connectivity index (χ1) is 26.9. The fraction of sp³-hybridized carbons (Fsp3) is 0.333. The Kier molecular flexibility index (Phi) is 13.0. The molecule has 298 valence electrons.